The molecule has 4 heteroatoms. The van der Waals surface area contributed by atoms with Crippen molar-refractivity contribution in [2.24, 2.45) is 0 Å². The van der Waals surface area contributed by atoms with Gasteiger partial charge in [-0.3, -0.25) is 0 Å². The quantitative estimate of drug-likeness (QED) is 0.0593. The highest BCUT2D eigenvalue weighted by Gasteiger charge is 2.24. The Balaban J connectivity index is 0.000000244. The molecule has 4 aromatic rings. The van der Waals surface area contributed by atoms with Gasteiger partial charge in [0.2, 0.25) is 0 Å². The van der Waals surface area contributed by atoms with Crippen molar-refractivity contribution in [3.05, 3.63) is 115 Å². The SMILES string of the molecule is CCCCCCCCCc1cc(C)cc(Cc2cc(C)cc(CCCCCCCCC)c2O)c1O.Cc1cc(Cc2cc(C)cc(C3CCCCC3)c2O)c(O)c(C2CCCCC2)c1. The molecule has 2 fully saturated rings. The fourth-order valence-corrected chi connectivity index (χ4v) is 11.0. The Kier molecular flexibility index (Phi) is 21.5. The van der Waals surface area contributed by atoms with Gasteiger partial charge >= 0.3 is 0 Å². The van der Waals surface area contributed by atoms with Crippen molar-refractivity contribution < 1.29 is 20.4 Å². The smallest absolute Gasteiger partial charge is 0.122 e. The molecule has 2 saturated carbocycles. The summed E-state index contributed by atoms with van der Waals surface area (Å²) in [7, 11) is 0. The van der Waals surface area contributed by atoms with Crippen LogP contribution in [-0.2, 0) is 25.7 Å². The molecule has 0 atom stereocenters. The first-order valence-corrected chi connectivity index (χ1v) is 26.3. The van der Waals surface area contributed by atoms with Gasteiger partial charge in [0.05, 0.1) is 0 Å². The van der Waals surface area contributed by atoms with Crippen LogP contribution in [0.25, 0.3) is 0 Å². The first kappa shape index (κ1) is 51.1. The van der Waals surface area contributed by atoms with Crippen LogP contribution in [0.2, 0.25) is 0 Å². The second kappa shape index (κ2) is 26.9. The Morgan fingerprint density at radius 1 is 0.344 bits per heavy atom. The molecule has 6 rings (SSSR count). The number of unbranched alkanes of at least 4 members (excludes halogenated alkanes) is 12. The van der Waals surface area contributed by atoms with E-state index in [1.165, 1.54) is 164 Å². The number of hydrogen-bond acceptors (Lipinski definition) is 4. The average Bonchev–Trinajstić information content (AvgIpc) is 3.29. The summed E-state index contributed by atoms with van der Waals surface area (Å²) < 4.78 is 0. The molecule has 2 aliphatic rings. The number of rotatable bonds is 22. The van der Waals surface area contributed by atoms with Crippen molar-refractivity contribution >= 4 is 0 Å². The van der Waals surface area contributed by atoms with E-state index in [4.69, 9.17) is 0 Å². The number of benzene rings is 4. The van der Waals surface area contributed by atoms with Gasteiger partial charge in [-0.05, 0) is 135 Å². The maximum atomic E-state index is 11.1. The monoisotopic (exact) mass is 873 g/mol. The predicted molar refractivity (Wildman–Crippen MR) is 272 cm³/mol. The zero-order chi connectivity index (χ0) is 45.8. The van der Waals surface area contributed by atoms with Crippen molar-refractivity contribution in [2.75, 3.05) is 0 Å². The minimum atomic E-state index is 0.427. The van der Waals surface area contributed by atoms with E-state index in [0.29, 0.717) is 47.7 Å². The largest absolute Gasteiger partial charge is 0.507 e. The molecule has 0 radical (unpaired) electrons. The molecular weight excluding hydrogens is 785 g/mol. The Morgan fingerprint density at radius 2 is 0.625 bits per heavy atom. The molecule has 0 spiro atoms. The van der Waals surface area contributed by atoms with Crippen LogP contribution in [0.3, 0.4) is 0 Å². The second-order valence-electron chi connectivity index (χ2n) is 20.4. The number of hydrogen-bond donors (Lipinski definition) is 4. The minimum Gasteiger partial charge on any atom is -0.507 e. The Labute approximate surface area is 390 Å². The summed E-state index contributed by atoms with van der Waals surface area (Å²) in [4.78, 5) is 0. The summed E-state index contributed by atoms with van der Waals surface area (Å²) in [5.74, 6) is 2.73. The molecule has 0 unspecified atom stereocenters. The first-order valence-electron chi connectivity index (χ1n) is 26.3. The second-order valence-corrected chi connectivity index (χ2v) is 20.4. The van der Waals surface area contributed by atoms with Crippen molar-refractivity contribution in [1.29, 1.82) is 0 Å². The van der Waals surface area contributed by atoms with Crippen molar-refractivity contribution in [3.63, 3.8) is 0 Å². The summed E-state index contributed by atoms with van der Waals surface area (Å²) >= 11 is 0. The molecule has 2 aliphatic carbocycles. The van der Waals surface area contributed by atoms with Gasteiger partial charge in [0, 0.05) is 12.8 Å². The Hall–Kier alpha value is -3.92. The molecule has 0 saturated heterocycles. The van der Waals surface area contributed by atoms with Crippen LogP contribution in [-0.4, -0.2) is 20.4 Å². The standard InChI is InChI=1S/C33H52O2.C27H36O2/c1-5-7-9-11-13-15-17-19-28-21-26(3)23-30(32(28)34)25-31-24-27(4)22-29(33(31)35)20-18-16-14-12-10-8-6-2;1-18-13-22(26(28)24(15-18)20-9-5-3-6-10-20)17-23-14-19(2)16-25(27(23)29)21-11-7-4-8-12-21/h21-24,34-35H,5-20,25H2,1-4H3;13-16,20-21,28-29H,3-12,17H2,1-2H3. The summed E-state index contributed by atoms with van der Waals surface area (Å²) in [6.45, 7) is 13.0. The lowest BCUT2D eigenvalue weighted by Crippen LogP contribution is -2.07. The number of aryl methyl sites for hydroxylation is 6. The molecule has 0 aliphatic heterocycles. The Morgan fingerprint density at radius 3 is 0.969 bits per heavy atom. The van der Waals surface area contributed by atoms with Gasteiger partial charge in [-0.2, -0.15) is 0 Å². The average molecular weight is 873 g/mol. The molecule has 4 nitrogen and oxygen atoms in total. The third-order valence-electron chi connectivity index (χ3n) is 14.5. The van der Waals surface area contributed by atoms with E-state index in [1.807, 2.05) is 0 Å². The molecule has 0 heterocycles. The van der Waals surface area contributed by atoms with Gasteiger partial charge in [-0.15, -0.1) is 0 Å². The van der Waals surface area contributed by atoms with Crippen molar-refractivity contribution in [3.8, 4) is 23.0 Å². The fraction of sp³-hybridized carbons (Fsp3) is 0.600. The van der Waals surface area contributed by atoms with Crippen LogP contribution >= 0.6 is 0 Å². The molecule has 0 amide bonds. The van der Waals surface area contributed by atoms with Gasteiger partial charge in [-0.25, -0.2) is 0 Å². The van der Waals surface area contributed by atoms with Gasteiger partial charge in [0.15, 0.2) is 0 Å². The van der Waals surface area contributed by atoms with Crippen LogP contribution in [0.15, 0.2) is 48.5 Å². The fourth-order valence-electron chi connectivity index (χ4n) is 11.0. The Bertz CT molecular complexity index is 1870. The van der Waals surface area contributed by atoms with Gasteiger partial charge in [0.1, 0.15) is 23.0 Å². The maximum Gasteiger partial charge on any atom is 0.122 e. The highest BCUT2D eigenvalue weighted by atomic mass is 16.3. The van der Waals surface area contributed by atoms with Crippen LogP contribution in [0.4, 0.5) is 0 Å². The zero-order valence-electron chi connectivity index (χ0n) is 41.4. The summed E-state index contributed by atoms with van der Waals surface area (Å²) in [6.07, 6.45) is 33.3. The third kappa shape index (κ3) is 15.6. The highest BCUT2D eigenvalue weighted by molar-refractivity contribution is 5.53. The number of aromatic hydroxyl groups is 4. The van der Waals surface area contributed by atoms with Gasteiger partial charge in [0.25, 0.3) is 0 Å². The molecule has 352 valence electrons. The number of phenols is 4. The molecule has 64 heavy (non-hydrogen) atoms. The van der Waals surface area contributed by atoms with E-state index >= 15 is 0 Å². The lowest BCUT2D eigenvalue weighted by Gasteiger charge is -2.25. The van der Waals surface area contributed by atoms with Crippen LogP contribution < -0.4 is 0 Å². The first-order chi connectivity index (χ1) is 31.0. The zero-order valence-corrected chi connectivity index (χ0v) is 41.4. The predicted octanol–water partition coefficient (Wildman–Crippen LogP) is 17.3. The van der Waals surface area contributed by atoms with Crippen LogP contribution in [0.5, 0.6) is 23.0 Å². The van der Waals surface area contributed by atoms with E-state index < -0.39 is 0 Å². The molecule has 0 aromatic heterocycles. The molecule has 0 bridgehead atoms. The van der Waals surface area contributed by atoms with E-state index in [1.54, 1.807) is 0 Å². The van der Waals surface area contributed by atoms with Crippen LogP contribution in [0, 0.1) is 27.7 Å². The normalized spacial score (nSPS) is 14.7. The van der Waals surface area contributed by atoms with Crippen LogP contribution in [0.1, 0.15) is 247 Å². The van der Waals surface area contributed by atoms with Gasteiger partial charge < -0.3 is 20.4 Å². The van der Waals surface area contributed by atoms with E-state index in [2.05, 4.69) is 90.1 Å². The number of phenolic OH excluding ortho intramolecular Hbond substituents is 4. The molecule has 4 aromatic carbocycles. The maximum absolute atomic E-state index is 11.1. The van der Waals surface area contributed by atoms with Crippen molar-refractivity contribution in [2.45, 2.75) is 233 Å². The lowest BCUT2D eigenvalue weighted by molar-refractivity contribution is 0.408. The van der Waals surface area contributed by atoms with E-state index in [-0.39, 0.29) is 0 Å². The van der Waals surface area contributed by atoms with Crippen molar-refractivity contribution in [1.82, 2.24) is 0 Å². The topological polar surface area (TPSA) is 80.9 Å². The summed E-state index contributed by atoms with van der Waals surface area (Å²) in [5, 5.41) is 44.4. The summed E-state index contributed by atoms with van der Waals surface area (Å²) in [5.41, 5.74) is 12.9. The molecule has 4 N–H and O–H groups in total. The third-order valence-corrected chi connectivity index (χ3v) is 14.5. The highest BCUT2D eigenvalue weighted by Crippen LogP contribution is 2.43. The lowest BCUT2D eigenvalue weighted by atomic mass is 9.81. The minimum absolute atomic E-state index is 0.427. The summed E-state index contributed by atoms with van der Waals surface area (Å²) in [6, 6.07) is 17.0. The molecular formula is C60H88O4. The van der Waals surface area contributed by atoms with E-state index in [9.17, 15) is 20.4 Å². The van der Waals surface area contributed by atoms with Gasteiger partial charge in [-0.1, -0.05) is 200 Å². The van der Waals surface area contributed by atoms with E-state index in [0.717, 1.165) is 70.2 Å².